The lowest BCUT2D eigenvalue weighted by Gasteiger charge is -2.23. The van der Waals surface area contributed by atoms with Gasteiger partial charge in [0.1, 0.15) is 0 Å². The molecule has 102 valence electrons. The number of hydrazine groups is 1. The molecule has 0 aliphatic rings. The van der Waals surface area contributed by atoms with Crippen LogP contribution in [0.3, 0.4) is 0 Å². The topological polar surface area (TPSA) is 64.1 Å². The van der Waals surface area contributed by atoms with Crippen LogP contribution in [0.1, 0.15) is 57.6 Å². The second-order valence-corrected chi connectivity index (χ2v) is 5.00. The van der Waals surface area contributed by atoms with Gasteiger partial charge in [-0.05, 0) is 24.0 Å². The molecule has 0 spiro atoms. The van der Waals surface area contributed by atoms with Gasteiger partial charge in [-0.15, -0.1) is 0 Å². The van der Waals surface area contributed by atoms with Crippen LogP contribution in [0.15, 0.2) is 24.3 Å². The molecule has 2 unspecified atom stereocenters. The molecule has 1 aromatic rings. The molecule has 1 rings (SSSR count). The fourth-order valence-electron chi connectivity index (χ4n) is 2.43. The minimum atomic E-state index is 0.160. The summed E-state index contributed by atoms with van der Waals surface area (Å²) in [5, 5.41) is 0. The van der Waals surface area contributed by atoms with E-state index < -0.39 is 0 Å². The molecule has 2 atom stereocenters. The Bertz CT molecular complexity index is 338. The minimum Gasteiger partial charge on any atom is -0.398 e. The highest BCUT2D eigenvalue weighted by molar-refractivity contribution is 5.48. The Balaban J connectivity index is 2.68. The van der Waals surface area contributed by atoms with Crippen molar-refractivity contribution in [1.82, 2.24) is 5.43 Å². The summed E-state index contributed by atoms with van der Waals surface area (Å²) in [5.74, 6) is 6.41. The van der Waals surface area contributed by atoms with Crippen molar-refractivity contribution >= 4 is 5.69 Å². The Labute approximate surface area is 111 Å². The van der Waals surface area contributed by atoms with Gasteiger partial charge in [0, 0.05) is 11.7 Å². The fourth-order valence-corrected chi connectivity index (χ4v) is 2.43. The second-order valence-electron chi connectivity index (χ2n) is 5.00. The van der Waals surface area contributed by atoms with Crippen molar-refractivity contribution < 1.29 is 0 Å². The van der Waals surface area contributed by atoms with Gasteiger partial charge in [0.2, 0.25) is 0 Å². The van der Waals surface area contributed by atoms with E-state index in [9.17, 15) is 0 Å². The number of unbranched alkanes of at least 4 members (excludes halogenated alkanes) is 1. The van der Waals surface area contributed by atoms with E-state index >= 15 is 0 Å². The maximum Gasteiger partial charge on any atom is 0.0482 e. The molecule has 0 saturated carbocycles. The van der Waals surface area contributed by atoms with E-state index in [2.05, 4.69) is 25.3 Å². The summed E-state index contributed by atoms with van der Waals surface area (Å²) >= 11 is 0. The molecule has 18 heavy (non-hydrogen) atoms. The van der Waals surface area contributed by atoms with E-state index in [1.807, 2.05) is 18.2 Å². The number of nitrogen functional groups attached to an aromatic ring is 1. The van der Waals surface area contributed by atoms with Gasteiger partial charge in [-0.3, -0.25) is 11.3 Å². The molecule has 0 bridgehead atoms. The van der Waals surface area contributed by atoms with Crippen molar-refractivity contribution in [2.75, 3.05) is 5.73 Å². The van der Waals surface area contributed by atoms with E-state index in [1.165, 1.54) is 25.7 Å². The Morgan fingerprint density at radius 1 is 1.22 bits per heavy atom. The van der Waals surface area contributed by atoms with Crippen molar-refractivity contribution in [3.05, 3.63) is 29.8 Å². The third-order valence-electron chi connectivity index (χ3n) is 3.68. The Kier molecular flexibility index (Phi) is 6.76. The molecule has 3 heteroatoms. The molecule has 0 aliphatic carbocycles. The molecule has 3 nitrogen and oxygen atoms in total. The van der Waals surface area contributed by atoms with Crippen molar-refractivity contribution in [3.8, 4) is 0 Å². The first-order valence-corrected chi connectivity index (χ1v) is 7.03. The molecule has 0 radical (unpaired) electrons. The highest BCUT2D eigenvalue weighted by Crippen LogP contribution is 2.29. The van der Waals surface area contributed by atoms with Crippen LogP contribution in [0, 0.1) is 5.92 Å². The van der Waals surface area contributed by atoms with Gasteiger partial charge < -0.3 is 5.73 Å². The van der Waals surface area contributed by atoms with Crippen LogP contribution in [0.25, 0.3) is 0 Å². The summed E-state index contributed by atoms with van der Waals surface area (Å²) < 4.78 is 0. The predicted molar refractivity (Wildman–Crippen MR) is 78.8 cm³/mol. The summed E-state index contributed by atoms with van der Waals surface area (Å²) in [5.41, 5.74) is 10.9. The third-order valence-corrected chi connectivity index (χ3v) is 3.68. The van der Waals surface area contributed by atoms with E-state index in [-0.39, 0.29) is 6.04 Å². The SMILES string of the molecule is CCCCC(CC)CC(NN)c1ccccc1N. The van der Waals surface area contributed by atoms with E-state index in [1.54, 1.807) is 0 Å². The molecule has 0 saturated heterocycles. The summed E-state index contributed by atoms with van der Waals surface area (Å²) in [6.07, 6.45) is 6.08. The molecular formula is C15H27N3. The van der Waals surface area contributed by atoms with Crippen molar-refractivity contribution in [1.29, 1.82) is 0 Å². The number of hydrogen-bond donors (Lipinski definition) is 3. The van der Waals surface area contributed by atoms with Crippen LogP contribution < -0.4 is 17.0 Å². The average Bonchev–Trinajstić information content (AvgIpc) is 2.40. The predicted octanol–water partition coefficient (Wildman–Crippen LogP) is 3.38. The maximum absolute atomic E-state index is 6.02. The first-order chi connectivity index (χ1) is 8.72. The van der Waals surface area contributed by atoms with Crippen molar-refractivity contribution in [3.63, 3.8) is 0 Å². The standard InChI is InChI=1S/C15H27N3/c1-3-5-8-12(4-2)11-15(18-17)13-9-6-7-10-14(13)16/h6-7,9-10,12,15,18H,3-5,8,11,16-17H2,1-2H3. The smallest absolute Gasteiger partial charge is 0.0482 e. The van der Waals surface area contributed by atoms with E-state index in [4.69, 9.17) is 11.6 Å². The van der Waals surface area contributed by atoms with Gasteiger partial charge >= 0.3 is 0 Å². The molecule has 0 amide bonds. The lowest BCUT2D eigenvalue weighted by atomic mass is 9.89. The first kappa shape index (κ1) is 15.0. The fraction of sp³-hybridized carbons (Fsp3) is 0.600. The lowest BCUT2D eigenvalue weighted by molar-refractivity contribution is 0.357. The molecule has 0 aliphatic heterocycles. The molecule has 1 aromatic carbocycles. The van der Waals surface area contributed by atoms with Gasteiger partial charge in [0.05, 0.1) is 0 Å². The molecule has 5 N–H and O–H groups in total. The molecule has 0 fully saturated rings. The Hall–Kier alpha value is -1.06. The monoisotopic (exact) mass is 249 g/mol. The number of hydrogen-bond acceptors (Lipinski definition) is 3. The van der Waals surface area contributed by atoms with Crippen molar-refractivity contribution in [2.24, 2.45) is 11.8 Å². The largest absolute Gasteiger partial charge is 0.398 e. The number of anilines is 1. The number of nitrogens with two attached hydrogens (primary N) is 2. The van der Waals surface area contributed by atoms with Crippen LogP contribution in [0.4, 0.5) is 5.69 Å². The van der Waals surface area contributed by atoms with Crippen LogP contribution in [-0.2, 0) is 0 Å². The average molecular weight is 249 g/mol. The van der Waals surface area contributed by atoms with Gasteiger partial charge in [-0.2, -0.15) is 0 Å². The van der Waals surface area contributed by atoms with Gasteiger partial charge in [0.15, 0.2) is 0 Å². The second kappa shape index (κ2) is 8.11. The zero-order valence-electron chi connectivity index (χ0n) is 11.7. The van der Waals surface area contributed by atoms with E-state index in [0.717, 1.165) is 17.7 Å². The molecular weight excluding hydrogens is 222 g/mol. The maximum atomic E-state index is 6.02. The number of benzene rings is 1. The third kappa shape index (κ3) is 4.31. The first-order valence-electron chi connectivity index (χ1n) is 7.03. The van der Waals surface area contributed by atoms with Crippen molar-refractivity contribution in [2.45, 2.75) is 52.0 Å². The summed E-state index contributed by atoms with van der Waals surface area (Å²) in [6.45, 7) is 4.49. The number of para-hydroxylation sites is 1. The van der Waals surface area contributed by atoms with Crippen LogP contribution in [0.5, 0.6) is 0 Å². The summed E-state index contributed by atoms with van der Waals surface area (Å²) in [4.78, 5) is 0. The van der Waals surface area contributed by atoms with E-state index in [0.29, 0.717) is 5.92 Å². The Morgan fingerprint density at radius 2 is 1.94 bits per heavy atom. The zero-order valence-corrected chi connectivity index (χ0v) is 11.7. The molecule has 0 heterocycles. The lowest BCUT2D eigenvalue weighted by Crippen LogP contribution is -2.30. The van der Waals surface area contributed by atoms with Gasteiger partial charge in [-0.25, -0.2) is 0 Å². The normalized spacial score (nSPS) is 14.4. The highest BCUT2D eigenvalue weighted by atomic mass is 15.2. The summed E-state index contributed by atoms with van der Waals surface area (Å²) in [6, 6.07) is 8.14. The Morgan fingerprint density at radius 3 is 2.50 bits per heavy atom. The van der Waals surface area contributed by atoms with Crippen LogP contribution in [0.2, 0.25) is 0 Å². The molecule has 0 aromatic heterocycles. The summed E-state index contributed by atoms with van der Waals surface area (Å²) in [7, 11) is 0. The quantitative estimate of drug-likeness (QED) is 0.376. The van der Waals surface area contributed by atoms with Crippen LogP contribution in [-0.4, -0.2) is 0 Å². The van der Waals surface area contributed by atoms with Gasteiger partial charge in [0.25, 0.3) is 0 Å². The minimum absolute atomic E-state index is 0.160. The number of nitrogens with one attached hydrogen (secondary N) is 1. The highest BCUT2D eigenvalue weighted by Gasteiger charge is 2.17. The van der Waals surface area contributed by atoms with Crippen LogP contribution >= 0.6 is 0 Å². The van der Waals surface area contributed by atoms with Gasteiger partial charge in [-0.1, -0.05) is 57.7 Å². The number of rotatable bonds is 8. The zero-order chi connectivity index (χ0) is 13.4.